The van der Waals surface area contributed by atoms with E-state index in [1.807, 2.05) is 6.07 Å². The zero-order valence-corrected chi connectivity index (χ0v) is 17.6. The molecule has 0 radical (unpaired) electrons. The van der Waals surface area contributed by atoms with Crippen molar-refractivity contribution in [3.63, 3.8) is 0 Å². The maximum Gasteiger partial charge on any atom is 0.377 e. The predicted octanol–water partition coefficient (Wildman–Crippen LogP) is 4.78. The third-order valence-electron chi connectivity index (χ3n) is 4.16. The molecule has 136 valence electrons. The second kappa shape index (κ2) is 8.46. The van der Waals surface area contributed by atoms with E-state index < -0.39 is 14.0 Å². The van der Waals surface area contributed by atoms with Crippen LogP contribution in [-0.2, 0) is 14.3 Å². The van der Waals surface area contributed by atoms with Crippen LogP contribution in [0.15, 0.2) is 30.2 Å². The van der Waals surface area contributed by atoms with E-state index in [9.17, 15) is 4.79 Å². The summed E-state index contributed by atoms with van der Waals surface area (Å²) in [7, 11) is 0.946. The Bertz CT molecular complexity index is 721. The second-order valence-electron chi connectivity index (χ2n) is 7.08. The maximum atomic E-state index is 11.7. The summed E-state index contributed by atoms with van der Waals surface area (Å²) in [5.41, 5.74) is 4.20. The first-order valence-corrected chi connectivity index (χ1v) is 11.2. The minimum absolute atomic E-state index is 0.0959. The number of esters is 1. The van der Waals surface area contributed by atoms with E-state index in [2.05, 4.69) is 50.1 Å². The van der Waals surface area contributed by atoms with Crippen LogP contribution in [0.3, 0.4) is 0 Å². The summed E-state index contributed by atoms with van der Waals surface area (Å²) in [6.07, 6.45) is 1.16. The average Bonchev–Trinajstić information content (AvgIpc) is 2.53. The van der Waals surface area contributed by atoms with Crippen LogP contribution in [0.2, 0.25) is 23.2 Å². The van der Waals surface area contributed by atoms with Crippen molar-refractivity contribution >= 4 is 25.6 Å². The number of ether oxygens (including phenoxy) is 3. The number of halogens is 1. The minimum Gasteiger partial charge on any atom is -0.500 e. The molecule has 0 bridgehead atoms. The number of hydrogen-bond acceptors (Lipinski definition) is 4. The number of carbonyl (C=O) groups excluding carboxylic acids is 1. The van der Waals surface area contributed by atoms with E-state index in [4.69, 9.17) is 21.1 Å². The van der Waals surface area contributed by atoms with Gasteiger partial charge in [0.2, 0.25) is 5.76 Å². The molecule has 0 aliphatic rings. The Hall–Kier alpha value is -1.90. The number of benzene rings is 1. The van der Waals surface area contributed by atoms with Crippen molar-refractivity contribution in [3.05, 3.63) is 40.8 Å². The molecule has 0 aromatic heterocycles. The predicted molar refractivity (Wildman–Crippen MR) is 103 cm³/mol. The molecule has 0 heterocycles. The Kier molecular flexibility index (Phi) is 7.15. The molecule has 1 aromatic rings. The number of hydrogen-bond donors (Lipinski definition) is 0. The molecule has 0 N–H and O–H groups in total. The summed E-state index contributed by atoms with van der Waals surface area (Å²) in [5, 5.41) is 0.536. The van der Waals surface area contributed by atoms with Gasteiger partial charge in [-0.25, -0.2) is 4.79 Å². The molecule has 4 nitrogen and oxygen atoms in total. The highest BCUT2D eigenvalue weighted by molar-refractivity contribution is 6.87. The van der Waals surface area contributed by atoms with Crippen molar-refractivity contribution in [2.45, 2.75) is 38.9 Å². The Balaban J connectivity index is 3.17. The van der Waals surface area contributed by atoms with Crippen molar-refractivity contribution in [3.8, 4) is 17.2 Å². The Morgan fingerprint density at radius 3 is 2.40 bits per heavy atom. The van der Waals surface area contributed by atoms with Crippen molar-refractivity contribution in [2.24, 2.45) is 0 Å². The maximum absolute atomic E-state index is 11.7. The second-order valence-corrected chi connectivity index (χ2v) is 12.5. The Morgan fingerprint density at radius 1 is 1.24 bits per heavy atom. The van der Waals surface area contributed by atoms with E-state index in [-0.39, 0.29) is 10.8 Å². The quantitative estimate of drug-likeness (QED) is 0.248. The lowest BCUT2D eigenvalue weighted by atomic mass is 10.2. The molecule has 1 rings (SSSR count). The molecule has 1 aromatic carbocycles. The zero-order chi connectivity index (χ0) is 19.3. The van der Waals surface area contributed by atoms with Crippen LogP contribution in [0.25, 0.3) is 0 Å². The largest absolute Gasteiger partial charge is 0.500 e. The van der Waals surface area contributed by atoms with Crippen LogP contribution < -0.4 is 4.74 Å². The van der Waals surface area contributed by atoms with Gasteiger partial charge in [-0.05, 0) is 23.2 Å². The van der Waals surface area contributed by atoms with Crippen LogP contribution in [0, 0.1) is 11.5 Å². The first kappa shape index (κ1) is 21.1. The molecule has 0 unspecified atom stereocenters. The number of carbonyl (C=O) groups is 1. The van der Waals surface area contributed by atoms with Crippen LogP contribution in [0.5, 0.6) is 5.75 Å². The van der Waals surface area contributed by atoms with Crippen LogP contribution in [-0.4, -0.2) is 28.3 Å². The molecule has 0 spiro atoms. The fraction of sp³-hybridized carbons (Fsp3) is 0.421. The van der Waals surface area contributed by atoms with Crippen molar-refractivity contribution in [1.82, 2.24) is 0 Å². The zero-order valence-electron chi connectivity index (χ0n) is 15.8. The standard InChI is InChI=1S/C19H25ClO4Si/c1-19(2,3)25(6,7)11-10-14-8-9-15(20)16(12-14)24-17(13-22-4)18(21)23-5/h8-9,12-13H,1-7H3/b17-13-. The fourth-order valence-electron chi connectivity index (χ4n) is 1.52. The molecular formula is C19H25ClO4Si. The van der Waals surface area contributed by atoms with Crippen molar-refractivity contribution in [2.75, 3.05) is 14.2 Å². The Labute approximate surface area is 156 Å². The van der Waals surface area contributed by atoms with Gasteiger partial charge < -0.3 is 14.2 Å². The van der Waals surface area contributed by atoms with Gasteiger partial charge in [-0.2, -0.15) is 0 Å². The third-order valence-corrected chi connectivity index (χ3v) is 8.97. The molecule has 0 atom stereocenters. The average molecular weight is 381 g/mol. The summed E-state index contributed by atoms with van der Waals surface area (Å²) < 4.78 is 15.1. The summed E-state index contributed by atoms with van der Waals surface area (Å²) in [4.78, 5) is 11.7. The van der Waals surface area contributed by atoms with Gasteiger partial charge in [-0.3, -0.25) is 0 Å². The van der Waals surface area contributed by atoms with Crippen molar-refractivity contribution in [1.29, 1.82) is 0 Å². The summed E-state index contributed by atoms with van der Waals surface area (Å²) in [5.74, 6) is 2.78. The third kappa shape index (κ3) is 5.84. The first-order valence-electron chi connectivity index (χ1n) is 7.83. The van der Waals surface area contributed by atoms with Gasteiger partial charge in [-0.15, -0.1) is 5.54 Å². The van der Waals surface area contributed by atoms with E-state index in [1.54, 1.807) is 12.1 Å². The van der Waals surface area contributed by atoms with Gasteiger partial charge >= 0.3 is 5.97 Å². The number of rotatable bonds is 4. The van der Waals surface area contributed by atoms with Crippen LogP contribution in [0.1, 0.15) is 26.3 Å². The summed E-state index contributed by atoms with van der Waals surface area (Å²) in [6.45, 7) is 11.1. The molecule has 0 amide bonds. The van der Waals surface area contributed by atoms with E-state index >= 15 is 0 Å². The lowest BCUT2D eigenvalue weighted by molar-refractivity contribution is -0.138. The summed E-state index contributed by atoms with van der Waals surface area (Å²) >= 11 is 6.17. The van der Waals surface area contributed by atoms with E-state index in [0.717, 1.165) is 11.8 Å². The smallest absolute Gasteiger partial charge is 0.377 e. The van der Waals surface area contributed by atoms with Gasteiger partial charge in [0, 0.05) is 5.56 Å². The van der Waals surface area contributed by atoms with Gasteiger partial charge in [0.25, 0.3) is 0 Å². The van der Waals surface area contributed by atoms with Gasteiger partial charge in [0.05, 0.1) is 19.2 Å². The Morgan fingerprint density at radius 2 is 1.88 bits per heavy atom. The lowest BCUT2D eigenvalue weighted by Gasteiger charge is -2.31. The van der Waals surface area contributed by atoms with Gasteiger partial charge in [-0.1, -0.05) is 51.4 Å². The minimum atomic E-state index is -1.73. The monoisotopic (exact) mass is 380 g/mol. The topological polar surface area (TPSA) is 44.8 Å². The van der Waals surface area contributed by atoms with Gasteiger partial charge in [0.15, 0.2) is 0 Å². The highest BCUT2D eigenvalue weighted by Crippen LogP contribution is 2.35. The summed E-state index contributed by atoms with van der Waals surface area (Å²) in [6, 6.07) is 5.22. The molecule has 0 saturated heterocycles. The molecule has 0 aliphatic carbocycles. The van der Waals surface area contributed by atoms with Gasteiger partial charge in [0.1, 0.15) is 20.1 Å². The van der Waals surface area contributed by atoms with Crippen LogP contribution in [0.4, 0.5) is 0 Å². The lowest BCUT2D eigenvalue weighted by Crippen LogP contribution is -2.35. The highest BCUT2D eigenvalue weighted by Gasteiger charge is 2.33. The van der Waals surface area contributed by atoms with Crippen LogP contribution >= 0.6 is 11.6 Å². The molecule has 6 heteroatoms. The fourth-order valence-corrected chi connectivity index (χ4v) is 2.50. The molecular weight excluding hydrogens is 356 g/mol. The SMILES string of the molecule is CO/C=C(\Oc1cc(C#C[Si](C)(C)C(C)(C)C)ccc1Cl)C(=O)OC. The molecule has 0 aliphatic heterocycles. The highest BCUT2D eigenvalue weighted by atomic mass is 35.5. The molecule has 0 saturated carbocycles. The van der Waals surface area contributed by atoms with E-state index in [1.165, 1.54) is 14.2 Å². The molecule has 0 fully saturated rings. The van der Waals surface area contributed by atoms with E-state index in [0.29, 0.717) is 10.8 Å². The normalized spacial score (nSPS) is 12.1. The molecule has 25 heavy (non-hydrogen) atoms. The first-order chi connectivity index (χ1) is 11.5. The van der Waals surface area contributed by atoms with Crippen molar-refractivity contribution < 1.29 is 19.0 Å². The number of methoxy groups -OCH3 is 2.